The standard InChI is InChI=1S/C3H6O.2CH2O/c1-2-3-4;2*1-2/h3H,2H2,1H3;2*1H2. The molecule has 3 nitrogen and oxygen atoms in total. The van der Waals surface area contributed by atoms with E-state index in [4.69, 9.17) is 9.59 Å². The van der Waals surface area contributed by atoms with Crippen molar-refractivity contribution in [3.8, 4) is 0 Å². The van der Waals surface area contributed by atoms with E-state index in [0.717, 1.165) is 6.29 Å². The number of hydrogen-bond donors (Lipinski definition) is 0. The molecule has 0 heterocycles. The Morgan fingerprint density at radius 2 is 1.38 bits per heavy atom. The fourth-order valence-electron chi connectivity index (χ4n) is 0. The highest BCUT2D eigenvalue weighted by Gasteiger charge is 1.52. The van der Waals surface area contributed by atoms with E-state index in [9.17, 15) is 4.79 Å². The largest absolute Gasteiger partial charge is 0.307 e. The second-order valence-electron chi connectivity index (χ2n) is 0.575. The van der Waals surface area contributed by atoms with Gasteiger partial charge in [-0.05, 0) is 0 Å². The summed E-state index contributed by atoms with van der Waals surface area (Å²) in [4.78, 5) is 25.2. The van der Waals surface area contributed by atoms with Crippen LogP contribution >= 0.6 is 0 Å². The van der Waals surface area contributed by atoms with E-state index < -0.39 is 0 Å². The summed E-state index contributed by atoms with van der Waals surface area (Å²) < 4.78 is 0. The minimum absolute atomic E-state index is 0.639. The van der Waals surface area contributed by atoms with E-state index >= 15 is 0 Å². The van der Waals surface area contributed by atoms with Crippen LogP contribution in [-0.4, -0.2) is 19.9 Å². The summed E-state index contributed by atoms with van der Waals surface area (Å²) in [5.74, 6) is 0. The van der Waals surface area contributed by atoms with Crippen molar-refractivity contribution in [1.29, 1.82) is 0 Å². The normalized spacial score (nSPS) is 4.12. The summed E-state index contributed by atoms with van der Waals surface area (Å²) in [6.45, 7) is 5.81. The lowest BCUT2D eigenvalue weighted by Gasteiger charge is -1.51. The zero-order valence-corrected chi connectivity index (χ0v) is 4.92. The van der Waals surface area contributed by atoms with Gasteiger partial charge in [-0.25, -0.2) is 0 Å². The van der Waals surface area contributed by atoms with Gasteiger partial charge in [-0.15, -0.1) is 0 Å². The number of hydrogen-bond acceptors (Lipinski definition) is 3. The van der Waals surface area contributed by atoms with Crippen molar-refractivity contribution >= 4 is 19.9 Å². The van der Waals surface area contributed by atoms with Gasteiger partial charge in [0.2, 0.25) is 0 Å². The maximum atomic E-state index is 9.17. The quantitative estimate of drug-likeness (QED) is 0.463. The Labute approximate surface area is 48.7 Å². The predicted octanol–water partition coefficient (Wildman–Crippen LogP) is 0.225. The molecule has 48 valence electrons. The van der Waals surface area contributed by atoms with Crippen molar-refractivity contribution in [2.24, 2.45) is 0 Å². The molecule has 0 aliphatic rings. The van der Waals surface area contributed by atoms with Crippen molar-refractivity contribution in [3.63, 3.8) is 0 Å². The highest BCUT2D eigenvalue weighted by molar-refractivity contribution is 5.48. The third kappa shape index (κ3) is 806000. The van der Waals surface area contributed by atoms with Crippen LogP contribution in [0.2, 0.25) is 0 Å². The highest BCUT2D eigenvalue weighted by Crippen LogP contribution is 1.53. The lowest BCUT2D eigenvalue weighted by Crippen LogP contribution is -1.55. The van der Waals surface area contributed by atoms with Gasteiger partial charge in [0.15, 0.2) is 0 Å². The Balaban J connectivity index is -0.0000000542. The van der Waals surface area contributed by atoms with Crippen LogP contribution in [0.1, 0.15) is 13.3 Å². The maximum Gasteiger partial charge on any atom is 0.119 e. The van der Waals surface area contributed by atoms with E-state index in [0.29, 0.717) is 6.42 Å². The second kappa shape index (κ2) is 148. The topological polar surface area (TPSA) is 51.2 Å². The lowest BCUT2D eigenvalue weighted by atomic mass is 10.6. The molecule has 0 aromatic carbocycles. The number of carbonyl (C=O) groups excluding carboxylic acids is 3. The van der Waals surface area contributed by atoms with E-state index in [1.165, 1.54) is 0 Å². The molecule has 8 heavy (non-hydrogen) atoms. The van der Waals surface area contributed by atoms with Crippen LogP contribution in [0.15, 0.2) is 0 Å². The fraction of sp³-hybridized carbons (Fsp3) is 0.400. The Kier molecular flexibility index (Phi) is 291. The summed E-state index contributed by atoms with van der Waals surface area (Å²) in [5, 5.41) is 0. The summed E-state index contributed by atoms with van der Waals surface area (Å²) in [6.07, 6.45) is 1.51. The summed E-state index contributed by atoms with van der Waals surface area (Å²) in [7, 11) is 0. The van der Waals surface area contributed by atoms with Gasteiger partial charge in [-0.2, -0.15) is 0 Å². The average molecular weight is 118 g/mol. The molecule has 0 aromatic rings. The minimum Gasteiger partial charge on any atom is -0.307 e. The Morgan fingerprint density at radius 3 is 1.38 bits per heavy atom. The highest BCUT2D eigenvalue weighted by atomic mass is 16.1. The van der Waals surface area contributed by atoms with Crippen molar-refractivity contribution in [3.05, 3.63) is 0 Å². The molecule has 0 aliphatic heterocycles. The Bertz CT molecular complexity index is 34.7. The molecular weight excluding hydrogens is 108 g/mol. The van der Waals surface area contributed by atoms with Crippen LogP contribution in [-0.2, 0) is 14.4 Å². The van der Waals surface area contributed by atoms with Crippen LogP contribution in [0.4, 0.5) is 0 Å². The second-order valence-corrected chi connectivity index (χ2v) is 0.575. The van der Waals surface area contributed by atoms with Gasteiger partial charge < -0.3 is 14.4 Å². The molecule has 0 N–H and O–H groups in total. The Morgan fingerprint density at radius 1 is 1.25 bits per heavy atom. The molecule has 0 saturated heterocycles. The fourth-order valence-corrected chi connectivity index (χ4v) is 0. The first kappa shape index (κ1) is 15.7. The first-order valence-electron chi connectivity index (χ1n) is 1.93. The summed E-state index contributed by atoms with van der Waals surface area (Å²) in [6, 6.07) is 0. The number of aldehydes is 1. The van der Waals surface area contributed by atoms with Gasteiger partial charge in [0.1, 0.15) is 19.9 Å². The first-order chi connectivity index (χ1) is 3.91. The monoisotopic (exact) mass is 118 g/mol. The number of carbonyl (C=O) groups is 3. The molecule has 0 unspecified atom stereocenters. The van der Waals surface area contributed by atoms with Gasteiger partial charge in [-0.1, -0.05) is 6.92 Å². The third-order valence-electron chi connectivity index (χ3n) is 0.167. The zero-order chi connectivity index (χ0) is 7.41. The summed E-state index contributed by atoms with van der Waals surface area (Å²) in [5.41, 5.74) is 0. The molecule has 0 amide bonds. The molecule has 0 spiro atoms. The molecule has 0 bridgehead atoms. The molecule has 3 heteroatoms. The smallest absolute Gasteiger partial charge is 0.119 e. The van der Waals surface area contributed by atoms with E-state index in [-0.39, 0.29) is 0 Å². The van der Waals surface area contributed by atoms with Crippen molar-refractivity contribution < 1.29 is 14.4 Å². The molecule has 0 aromatic heterocycles. The first-order valence-corrected chi connectivity index (χ1v) is 1.93. The summed E-state index contributed by atoms with van der Waals surface area (Å²) >= 11 is 0. The van der Waals surface area contributed by atoms with E-state index in [1.54, 1.807) is 0 Å². The molecule has 0 saturated carbocycles. The van der Waals surface area contributed by atoms with Crippen LogP contribution in [0.3, 0.4) is 0 Å². The molecule has 0 aliphatic carbocycles. The van der Waals surface area contributed by atoms with Crippen LogP contribution < -0.4 is 0 Å². The third-order valence-corrected chi connectivity index (χ3v) is 0.167. The predicted molar refractivity (Wildman–Crippen MR) is 30.6 cm³/mol. The van der Waals surface area contributed by atoms with Gasteiger partial charge in [0.25, 0.3) is 0 Å². The van der Waals surface area contributed by atoms with Gasteiger partial charge in [-0.3, -0.25) is 0 Å². The Hall–Kier alpha value is -0.990. The average Bonchev–Trinajstić information content (AvgIpc) is 1.96. The van der Waals surface area contributed by atoms with Crippen molar-refractivity contribution in [2.45, 2.75) is 13.3 Å². The van der Waals surface area contributed by atoms with Crippen LogP contribution in [0, 0.1) is 0 Å². The zero-order valence-electron chi connectivity index (χ0n) is 4.92. The van der Waals surface area contributed by atoms with Crippen LogP contribution in [0.5, 0.6) is 0 Å². The van der Waals surface area contributed by atoms with E-state index in [1.807, 2.05) is 20.5 Å². The van der Waals surface area contributed by atoms with Crippen LogP contribution in [0.25, 0.3) is 0 Å². The molecule has 0 rings (SSSR count). The van der Waals surface area contributed by atoms with Crippen molar-refractivity contribution in [1.82, 2.24) is 0 Å². The van der Waals surface area contributed by atoms with Gasteiger partial charge >= 0.3 is 0 Å². The molecule has 0 atom stereocenters. The molecular formula is C5H10O3. The van der Waals surface area contributed by atoms with Gasteiger partial charge in [0.05, 0.1) is 0 Å². The SMILES string of the molecule is C=O.C=O.CCC=O. The molecule has 0 radical (unpaired) electrons. The maximum absolute atomic E-state index is 9.17. The lowest BCUT2D eigenvalue weighted by molar-refractivity contribution is -0.107. The minimum atomic E-state index is 0.639. The molecule has 0 fully saturated rings. The van der Waals surface area contributed by atoms with Crippen molar-refractivity contribution in [2.75, 3.05) is 0 Å². The van der Waals surface area contributed by atoms with Gasteiger partial charge in [0, 0.05) is 6.42 Å². The van der Waals surface area contributed by atoms with E-state index in [2.05, 4.69) is 0 Å². The number of rotatable bonds is 1.